The van der Waals surface area contributed by atoms with Crippen LogP contribution in [0.4, 0.5) is 16.5 Å². The summed E-state index contributed by atoms with van der Waals surface area (Å²) in [6.45, 7) is 2.05. The molecule has 0 fully saturated rings. The van der Waals surface area contributed by atoms with Crippen LogP contribution in [0.25, 0.3) is 0 Å². The van der Waals surface area contributed by atoms with Crippen molar-refractivity contribution in [3.63, 3.8) is 0 Å². The summed E-state index contributed by atoms with van der Waals surface area (Å²) in [6.07, 6.45) is 1.99. The predicted molar refractivity (Wildman–Crippen MR) is 112 cm³/mol. The number of benzene rings is 2. The zero-order chi connectivity index (χ0) is 18.4. The molecule has 2 N–H and O–H groups in total. The van der Waals surface area contributed by atoms with E-state index in [1.807, 2.05) is 61.7 Å². The Balaban J connectivity index is 1.52. The fourth-order valence-electron chi connectivity index (χ4n) is 2.14. The van der Waals surface area contributed by atoms with Gasteiger partial charge in [0.25, 0.3) is 0 Å². The first-order valence-electron chi connectivity index (χ1n) is 7.87. The average molecular weight is 403 g/mol. The standard InChI is InChI=1S/C18H18N4OS3/c1-12-7-9-13(10-8-12)19-17-21-22-18(26-17)25-11-16(23)20-14-5-3-4-6-15(14)24-2/h3-10H,11H2,1-2H3,(H,19,21)(H,20,23). The number of rotatable bonds is 7. The molecule has 0 aliphatic rings. The van der Waals surface area contributed by atoms with Gasteiger partial charge in [-0.15, -0.1) is 22.0 Å². The van der Waals surface area contributed by atoms with E-state index in [2.05, 4.69) is 20.8 Å². The first kappa shape index (κ1) is 18.8. The molecule has 0 unspecified atom stereocenters. The number of aromatic nitrogens is 2. The molecule has 0 bridgehead atoms. The van der Waals surface area contributed by atoms with Crippen LogP contribution in [0.3, 0.4) is 0 Å². The Morgan fingerprint density at radius 1 is 1.12 bits per heavy atom. The summed E-state index contributed by atoms with van der Waals surface area (Å²) in [5, 5.41) is 15.1. The minimum absolute atomic E-state index is 0.0558. The SMILES string of the molecule is CSc1ccccc1NC(=O)CSc1nnc(Nc2ccc(C)cc2)s1. The number of hydrogen-bond donors (Lipinski definition) is 2. The van der Waals surface area contributed by atoms with Gasteiger partial charge < -0.3 is 10.6 Å². The first-order chi connectivity index (χ1) is 12.6. The summed E-state index contributed by atoms with van der Waals surface area (Å²) in [4.78, 5) is 13.2. The molecule has 2 aromatic carbocycles. The molecule has 8 heteroatoms. The molecule has 134 valence electrons. The van der Waals surface area contributed by atoms with Gasteiger partial charge in [-0.05, 0) is 37.4 Å². The highest BCUT2D eigenvalue weighted by Crippen LogP contribution is 2.28. The van der Waals surface area contributed by atoms with Gasteiger partial charge in [0.1, 0.15) is 0 Å². The molecule has 0 aliphatic carbocycles. The second kappa shape index (κ2) is 9.07. The van der Waals surface area contributed by atoms with Crippen molar-refractivity contribution in [2.45, 2.75) is 16.2 Å². The van der Waals surface area contributed by atoms with Crippen molar-refractivity contribution in [2.24, 2.45) is 0 Å². The molecule has 0 aliphatic heterocycles. The molecule has 0 spiro atoms. The van der Waals surface area contributed by atoms with E-state index < -0.39 is 0 Å². The van der Waals surface area contributed by atoms with Gasteiger partial charge >= 0.3 is 0 Å². The molecule has 3 rings (SSSR count). The quantitative estimate of drug-likeness (QED) is 0.540. The van der Waals surface area contributed by atoms with Crippen molar-refractivity contribution in [3.8, 4) is 0 Å². The van der Waals surface area contributed by atoms with Crippen LogP contribution in [0.1, 0.15) is 5.56 Å². The second-order valence-corrected chi connectivity index (χ2v) is 8.45. The maximum atomic E-state index is 12.2. The van der Waals surface area contributed by atoms with E-state index >= 15 is 0 Å². The van der Waals surface area contributed by atoms with E-state index in [9.17, 15) is 4.79 Å². The third-order valence-electron chi connectivity index (χ3n) is 3.42. The molecule has 3 aromatic rings. The number of thioether (sulfide) groups is 2. The zero-order valence-corrected chi connectivity index (χ0v) is 16.8. The molecule has 1 heterocycles. The van der Waals surface area contributed by atoms with Crippen molar-refractivity contribution in [3.05, 3.63) is 54.1 Å². The van der Waals surface area contributed by atoms with E-state index in [0.717, 1.165) is 20.6 Å². The third kappa shape index (κ3) is 5.23. The average Bonchev–Trinajstić information content (AvgIpc) is 3.10. The smallest absolute Gasteiger partial charge is 0.234 e. The van der Waals surface area contributed by atoms with Crippen molar-refractivity contribution in [1.82, 2.24) is 10.2 Å². The van der Waals surface area contributed by atoms with Crippen molar-refractivity contribution in [2.75, 3.05) is 22.6 Å². The van der Waals surface area contributed by atoms with Crippen molar-refractivity contribution < 1.29 is 4.79 Å². The molecule has 5 nitrogen and oxygen atoms in total. The molecular weight excluding hydrogens is 384 g/mol. The molecule has 26 heavy (non-hydrogen) atoms. The van der Waals surface area contributed by atoms with Gasteiger partial charge in [-0.2, -0.15) is 0 Å². The largest absolute Gasteiger partial charge is 0.330 e. The Morgan fingerprint density at radius 2 is 1.88 bits per heavy atom. The Labute approximate surface area is 165 Å². The monoisotopic (exact) mass is 402 g/mol. The number of nitrogens with zero attached hydrogens (tertiary/aromatic N) is 2. The fraction of sp³-hybridized carbons (Fsp3) is 0.167. The number of anilines is 3. The van der Waals surface area contributed by atoms with E-state index in [1.54, 1.807) is 11.8 Å². The fourth-order valence-corrected chi connectivity index (χ4v) is 4.27. The summed E-state index contributed by atoms with van der Waals surface area (Å²) < 4.78 is 0.757. The van der Waals surface area contributed by atoms with Gasteiger partial charge in [-0.25, -0.2) is 0 Å². The number of carbonyl (C=O) groups excluding carboxylic acids is 1. The summed E-state index contributed by atoms with van der Waals surface area (Å²) in [5.74, 6) is 0.238. The van der Waals surface area contributed by atoms with Crippen LogP contribution in [0, 0.1) is 6.92 Å². The molecule has 0 radical (unpaired) electrons. The van der Waals surface area contributed by atoms with Crippen LogP contribution < -0.4 is 10.6 Å². The second-order valence-electron chi connectivity index (χ2n) is 5.40. The highest BCUT2D eigenvalue weighted by molar-refractivity contribution is 8.01. The normalized spacial score (nSPS) is 10.5. The number of aryl methyl sites for hydroxylation is 1. The van der Waals surface area contributed by atoms with Gasteiger partial charge in [0.2, 0.25) is 11.0 Å². The minimum atomic E-state index is -0.0558. The molecule has 0 saturated carbocycles. The molecule has 0 atom stereocenters. The third-order valence-corrected chi connectivity index (χ3v) is 6.18. The van der Waals surface area contributed by atoms with Crippen molar-refractivity contribution in [1.29, 1.82) is 0 Å². The Hall–Kier alpha value is -2.03. The molecule has 0 saturated heterocycles. The lowest BCUT2D eigenvalue weighted by atomic mass is 10.2. The number of para-hydroxylation sites is 1. The lowest BCUT2D eigenvalue weighted by Crippen LogP contribution is -2.14. The van der Waals surface area contributed by atoms with Gasteiger partial charge in [-0.1, -0.05) is 52.9 Å². The summed E-state index contributed by atoms with van der Waals surface area (Å²) >= 11 is 4.42. The van der Waals surface area contributed by atoms with Gasteiger partial charge in [0, 0.05) is 10.6 Å². The van der Waals surface area contributed by atoms with E-state index in [-0.39, 0.29) is 5.91 Å². The summed E-state index contributed by atoms with van der Waals surface area (Å²) in [7, 11) is 0. The lowest BCUT2D eigenvalue weighted by Gasteiger charge is -2.08. The molecule has 1 amide bonds. The Kier molecular flexibility index (Phi) is 6.54. The number of nitrogens with one attached hydrogen (secondary N) is 2. The van der Waals surface area contributed by atoms with Gasteiger partial charge in [0.15, 0.2) is 4.34 Å². The van der Waals surface area contributed by atoms with Crippen LogP contribution in [-0.4, -0.2) is 28.1 Å². The Morgan fingerprint density at radius 3 is 2.65 bits per heavy atom. The van der Waals surface area contributed by atoms with E-state index in [1.165, 1.54) is 28.7 Å². The summed E-state index contributed by atoms with van der Waals surface area (Å²) in [5.41, 5.74) is 3.01. The highest BCUT2D eigenvalue weighted by atomic mass is 32.2. The number of amides is 1. The highest BCUT2D eigenvalue weighted by Gasteiger charge is 2.10. The van der Waals surface area contributed by atoms with Crippen LogP contribution in [0.15, 0.2) is 57.8 Å². The first-order valence-corrected chi connectivity index (χ1v) is 10.9. The zero-order valence-electron chi connectivity index (χ0n) is 14.4. The number of carbonyl (C=O) groups is 1. The van der Waals surface area contributed by atoms with Crippen LogP contribution in [0.2, 0.25) is 0 Å². The van der Waals surface area contributed by atoms with Gasteiger partial charge in [-0.3, -0.25) is 4.79 Å². The summed E-state index contributed by atoms with van der Waals surface area (Å²) in [6, 6.07) is 15.8. The topological polar surface area (TPSA) is 66.9 Å². The molecule has 1 aromatic heterocycles. The predicted octanol–water partition coefficient (Wildman–Crippen LogP) is 5.04. The van der Waals surface area contributed by atoms with Gasteiger partial charge in [0.05, 0.1) is 11.4 Å². The maximum Gasteiger partial charge on any atom is 0.234 e. The van der Waals surface area contributed by atoms with Crippen LogP contribution in [0.5, 0.6) is 0 Å². The Bertz CT molecular complexity index is 880. The van der Waals surface area contributed by atoms with Crippen molar-refractivity contribution >= 4 is 57.3 Å². The van der Waals surface area contributed by atoms with Crippen LogP contribution in [-0.2, 0) is 4.79 Å². The number of hydrogen-bond acceptors (Lipinski definition) is 7. The van der Waals surface area contributed by atoms with E-state index in [0.29, 0.717) is 10.9 Å². The minimum Gasteiger partial charge on any atom is -0.330 e. The maximum absolute atomic E-state index is 12.2. The lowest BCUT2D eigenvalue weighted by molar-refractivity contribution is -0.113. The van der Waals surface area contributed by atoms with E-state index in [4.69, 9.17) is 0 Å². The molecular formula is C18H18N4OS3. The van der Waals surface area contributed by atoms with Crippen LogP contribution >= 0.6 is 34.9 Å².